The Kier molecular flexibility index (Phi) is 31.7. The van der Waals surface area contributed by atoms with Gasteiger partial charge in [0.15, 0.2) is 0 Å². The van der Waals surface area contributed by atoms with Crippen LogP contribution in [0.3, 0.4) is 0 Å². The topological polar surface area (TPSA) is 122 Å². The molecule has 5 N–H and O–H groups in total. The second-order valence-corrected chi connectivity index (χ2v) is 14.4. The summed E-state index contributed by atoms with van der Waals surface area (Å²) in [6, 6.07) is -0.823. The molecule has 0 aromatic rings. The average Bonchev–Trinajstić information content (AvgIpc) is 2.99. The number of amides is 1. The molecule has 0 saturated heterocycles. The highest BCUT2D eigenvalue weighted by atomic mass is 31.2. The normalized spacial score (nSPS) is 14.6. The standard InChI is InChI=1S/C36H73N2O5P/c1-3-5-7-9-11-13-15-17-18-19-20-21-23-25-27-29-31-35(39)34(33-43-44(37,41)42)38-36(40)32-30-28-26-24-22-16-14-12-10-8-6-4-2/h29,31,34-35,39H,3-28,30,32-33H2,1-2H3,(H,38,40)(H3,37,41,42)/b31-29+/t34-,35+/m0/s1. The van der Waals surface area contributed by atoms with Gasteiger partial charge in [-0.25, -0.2) is 10.1 Å². The maximum Gasteiger partial charge on any atom is 0.400 e. The molecule has 3 atom stereocenters. The minimum absolute atomic E-state index is 0.185. The van der Waals surface area contributed by atoms with Crippen molar-refractivity contribution in [3.8, 4) is 0 Å². The van der Waals surface area contributed by atoms with E-state index in [2.05, 4.69) is 19.2 Å². The molecule has 0 spiro atoms. The van der Waals surface area contributed by atoms with Gasteiger partial charge in [-0.15, -0.1) is 0 Å². The van der Waals surface area contributed by atoms with Crippen molar-refractivity contribution in [1.29, 1.82) is 0 Å². The van der Waals surface area contributed by atoms with Crippen LogP contribution in [0.4, 0.5) is 0 Å². The number of hydrogen-bond donors (Lipinski definition) is 4. The van der Waals surface area contributed by atoms with E-state index < -0.39 is 19.9 Å². The molecule has 0 aromatic carbocycles. The van der Waals surface area contributed by atoms with Gasteiger partial charge in [-0.1, -0.05) is 180 Å². The van der Waals surface area contributed by atoms with Gasteiger partial charge >= 0.3 is 7.75 Å². The molecule has 0 aliphatic heterocycles. The first-order chi connectivity index (χ1) is 21.3. The molecule has 0 saturated carbocycles. The van der Waals surface area contributed by atoms with E-state index in [4.69, 9.17) is 10.0 Å². The van der Waals surface area contributed by atoms with Crippen LogP contribution >= 0.6 is 7.75 Å². The van der Waals surface area contributed by atoms with E-state index >= 15 is 0 Å². The number of rotatable bonds is 34. The number of hydrogen-bond acceptors (Lipinski definition) is 4. The molecule has 0 radical (unpaired) electrons. The quantitative estimate of drug-likeness (QED) is 0.0314. The maximum atomic E-state index is 12.5. The Bertz CT molecular complexity index is 700. The molecule has 1 unspecified atom stereocenters. The molecule has 8 heteroatoms. The SMILES string of the molecule is CCCCCCCCCCCCCCCC/C=C/[C@@H](O)[C@H](COP(N)(=O)O)NC(=O)CCCCCCCCCCCCCC. The highest BCUT2D eigenvalue weighted by Crippen LogP contribution is 2.31. The van der Waals surface area contributed by atoms with Gasteiger partial charge in [0.25, 0.3) is 0 Å². The van der Waals surface area contributed by atoms with Gasteiger partial charge in [0.05, 0.1) is 18.8 Å². The van der Waals surface area contributed by atoms with Crippen molar-refractivity contribution >= 4 is 13.7 Å². The Labute approximate surface area is 272 Å². The number of aliphatic hydroxyl groups is 1. The molecule has 44 heavy (non-hydrogen) atoms. The van der Waals surface area contributed by atoms with Gasteiger partial charge in [0.1, 0.15) is 0 Å². The van der Waals surface area contributed by atoms with Crippen LogP contribution in [-0.4, -0.2) is 34.7 Å². The lowest BCUT2D eigenvalue weighted by molar-refractivity contribution is -0.122. The molecule has 0 fully saturated rings. The van der Waals surface area contributed by atoms with Crippen molar-refractivity contribution in [3.63, 3.8) is 0 Å². The van der Waals surface area contributed by atoms with Crippen molar-refractivity contribution in [2.45, 2.75) is 206 Å². The molecule has 0 aromatic heterocycles. The molecule has 7 nitrogen and oxygen atoms in total. The minimum Gasteiger partial charge on any atom is -0.387 e. The first-order valence-electron chi connectivity index (χ1n) is 18.7. The van der Waals surface area contributed by atoms with Crippen molar-refractivity contribution in [2.24, 2.45) is 5.50 Å². The zero-order valence-corrected chi connectivity index (χ0v) is 29.9. The number of nitrogens with one attached hydrogen (secondary N) is 1. The number of carbonyl (C=O) groups excluding carboxylic acids is 1. The largest absolute Gasteiger partial charge is 0.400 e. The van der Waals surface area contributed by atoms with Crippen LogP contribution in [0, 0.1) is 0 Å². The van der Waals surface area contributed by atoms with E-state index in [0.29, 0.717) is 6.42 Å². The van der Waals surface area contributed by atoms with Crippen LogP contribution in [0.2, 0.25) is 0 Å². The Morgan fingerprint density at radius 3 is 1.43 bits per heavy atom. The Morgan fingerprint density at radius 1 is 0.682 bits per heavy atom. The minimum atomic E-state index is -4.20. The molecule has 1 amide bonds. The summed E-state index contributed by atoms with van der Waals surface area (Å²) in [7, 11) is -4.20. The third-order valence-corrected chi connectivity index (χ3v) is 9.03. The third kappa shape index (κ3) is 32.7. The van der Waals surface area contributed by atoms with Gasteiger partial charge in [0, 0.05) is 6.42 Å². The van der Waals surface area contributed by atoms with Crippen molar-refractivity contribution < 1.29 is 23.9 Å². The lowest BCUT2D eigenvalue weighted by Gasteiger charge is -2.22. The number of aliphatic hydroxyl groups excluding tert-OH is 1. The molecule has 0 heterocycles. The van der Waals surface area contributed by atoms with Gasteiger partial charge in [-0.05, 0) is 19.3 Å². The Morgan fingerprint density at radius 2 is 1.05 bits per heavy atom. The van der Waals surface area contributed by atoms with Crippen LogP contribution in [0.1, 0.15) is 194 Å². The fourth-order valence-corrected chi connectivity index (χ4v) is 6.02. The second kappa shape index (κ2) is 32.2. The Hall–Kier alpha value is -0.720. The fraction of sp³-hybridized carbons (Fsp3) is 0.917. The molecule has 262 valence electrons. The van der Waals surface area contributed by atoms with E-state index in [1.807, 2.05) is 6.08 Å². The van der Waals surface area contributed by atoms with Gasteiger partial charge in [-0.3, -0.25) is 9.32 Å². The van der Waals surface area contributed by atoms with Crippen LogP contribution in [0.5, 0.6) is 0 Å². The zero-order valence-electron chi connectivity index (χ0n) is 29.0. The number of unbranched alkanes of at least 4 members (excludes halogenated alkanes) is 25. The number of carbonyl (C=O) groups is 1. The first-order valence-corrected chi connectivity index (χ1v) is 20.3. The molecular formula is C36H73N2O5P. The molecular weight excluding hydrogens is 571 g/mol. The molecule has 0 bridgehead atoms. The number of nitrogens with two attached hydrogens (primary N) is 1. The van der Waals surface area contributed by atoms with Crippen LogP contribution in [0.15, 0.2) is 12.2 Å². The van der Waals surface area contributed by atoms with Gasteiger partial charge in [-0.2, -0.15) is 0 Å². The monoisotopic (exact) mass is 645 g/mol. The molecule has 0 aliphatic rings. The van der Waals surface area contributed by atoms with Crippen molar-refractivity contribution in [2.75, 3.05) is 6.61 Å². The average molecular weight is 645 g/mol. The zero-order chi connectivity index (χ0) is 32.6. The first kappa shape index (κ1) is 43.3. The number of allylic oxidation sites excluding steroid dienone is 1. The molecule has 0 aliphatic carbocycles. The van der Waals surface area contributed by atoms with E-state index in [1.165, 1.54) is 141 Å². The summed E-state index contributed by atoms with van der Waals surface area (Å²) in [6.07, 6.45) is 37.0. The lowest BCUT2D eigenvalue weighted by atomic mass is 10.0. The summed E-state index contributed by atoms with van der Waals surface area (Å²) in [5.41, 5.74) is 5.12. The predicted octanol–water partition coefficient (Wildman–Crippen LogP) is 10.4. The summed E-state index contributed by atoms with van der Waals surface area (Å²) in [5, 5.41) is 13.4. The fourth-order valence-electron chi connectivity index (χ4n) is 5.64. The van der Waals surface area contributed by atoms with Gasteiger partial charge in [0.2, 0.25) is 5.91 Å². The second-order valence-electron chi connectivity index (χ2n) is 13.0. The van der Waals surface area contributed by atoms with Crippen molar-refractivity contribution in [1.82, 2.24) is 5.32 Å². The van der Waals surface area contributed by atoms with Crippen LogP contribution in [0.25, 0.3) is 0 Å². The Balaban J connectivity index is 4.03. The summed E-state index contributed by atoms with van der Waals surface area (Å²) in [4.78, 5) is 21.9. The summed E-state index contributed by atoms with van der Waals surface area (Å²) in [5.74, 6) is -0.185. The highest BCUT2D eigenvalue weighted by molar-refractivity contribution is 7.50. The molecule has 0 rings (SSSR count). The van der Waals surface area contributed by atoms with Crippen LogP contribution < -0.4 is 10.8 Å². The summed E-state index contributed by atoms with van der Waals surface area (Å²) < 4.78 is 16.3. The summed E-state index contributed by atoms with van der Waals surface area (Å²) >= 11 is 0. The predicted molar refractivity (Wildman–Crippen MR) is 188 cm³/mol. The van der Waals surface area contributed by atoms with Crippen LogP contribution in [-0.2, 0) is 13.9 Å². The summed E-state index contributed by atoms with van der Waals surface area (Å²) in [6.45, 7) is 4.19. The van der Waals surface area contributed by atoms with E-state index in [9.17, 15) is 19.4 Å². The smallest absolute Gasteiger partial charge is 0.387 e. The van der Waals surface area contributed by atoms with E-state index in [-0.39, 0.29) is 12.5 Å². The van der Waals surface area contributed by atoms with Gasteiger partial charge < -0.3 is 15.3 Å². The van der Waals surface area contributed by atoms with Crippen molar-refractivity contribution in [3.05, 3.63) is 12.2 Å². The van der Waals surface area contributed by atoms with E-state index in [0.717, 1.165) is 32.1 Å². The highest BCUT2D eigenvalue weighted by Gasteiger charge is 2.23. The third-order valence-electron chi connectivity index (χ3n) is 8.51. The lowest BCUT2D eigenvalue weighted by Crippen LogP contribution is -2.45. The van der Waals surface area contributed by atoms with E-state index in [1.54, 1.807) is 6.08 Å². The maximum absolute atomic E-state index is 12.5.